The van der Waals surface area contributed by atoms with Crippen LogP contribution in [0.5, 0.6) is 5.75 Å². The highest BCUT2D eigenvalue weighted by molar-refractivity contribution is 9.10. The standard InChI is InChI=1S/C23H16BrFO/c24-20-9-11-22(23(25)14-20)19-7-6-18-13-21(10-8-17(18)12-19)26-15-16-4-2-1-3-5-16/h1-14H,15H2. The van der Waals surface area contributed by atoms with Gasteiger partial charge in [-0.05, 0) is 52.2 Å². The molecule has 0 saturated heterocycles. The maximum absolute atomic E-state index is 14.2. The van der Waals surface area contributed by atoms with E-state index >= 15 is 0 Å². The average molecular weight is 407 g/mol. The monoisotopic (exact) mass is 406 g/mol. The minimum Gasteiger partial charge on any atom is -0.489 e. The Balaban J connectivity index is 1.60. The lowest BCUT2D eigenvalue weighted by Crippen LogP contribution is -1.94. The summed E-state index contributed by atoms with van der Waals surface area (Å²) in [5.41, 5.74) is 2.59. The number of rotatable bonds is 4. The van der Waals surface area contributed by atoms with Crippen molar-refractivity contribution < 1.29 is 9.13 Å². The Morgan fingerprint density at radius 3 is 2.35 bits per heavy atom. The molecule has 0 atom stereocenters. The summed E-state index contributed by atoms with van der Waals surface area (Å²) in [6, 6.07) is 27.1. The lowest BCUT2D eigenvalue weighted by atomic mass is 10.0. The Morgan fingerprint density at radius 1 is 0.769 bits per heavy atom. The van der Waals surface area contributed by atoms with Gasteiger partial charge in [0.2, 0.25) is 0 Å². The molecule has 1 nitrogen and oxygen atoms in total. The molecule has 4 aromatic rings. The number of ether oxygens (including phenoxy) is 1. The van der Waals surface area contributed by atoms with Crippen LogP contribution >= 0.6 is 15.9 Å². The summed E-state index contributed by atoms with van der Waals surface area (Å²) in [5, 5.41) is 2.12. The summed E-state index contributed by atoms with van der Waals surface area (Å²) in [5.74, 6) is 0.588. The van der Waals surface area contributed by atoms with E-state index < -0.39 is 0 Å². The first-order valence-corrected chi connectivity index (χ1v) is 9.14. The highest BCUT2D eigenvalue weighted by atomic mass is 79.9. The van der Waals surface area contributed by atoms with Crippen LogP contribution in [0, 0.1) is 5.82 Å². The molecule has 0 unspecified atom stereocenters. The van der Waals surface area contributed by atoms with Crippen LogP contribution in [0.4, 0.5) is 4.39 Å². The van der Waals surface area contributed by atoms with Gasteiger partial charge in [0.15, 0.2) is 0 Å². The quantitative estimate of drug-likeness (QED) is 0.354. The van der Waals surface area contributed by atoms with Gasteiger partial charge in [-0.25, -0.2) is 4.39 Å². The average Bonchev–Trinajstić information content (AvgIpc) is 2.67. The molecule has 0 aliphatic carbocycles. The van der Waals surface area contributed by atoms with Crippen LogP contribution in [0.15, 0.2) is 89.4 Å². The molecule has 0 N–H and O–H groups in total. The molecule has 0 amide bonds. The van der Waals surface area contributed by atoms with Crippen LogP contribution in [0.25, 0.3) is 21.9 Å². The lowest BCUT2D eigenvalue weighted by Gasteiger charge is -2.09. The van der Waals surface area contributed by atoms with Gasteiger partial charge in [-0.1, -0.05) is 70.5 Å². The van der Waals surface area contributed by atoms with Crippen LogP contribution in [0.3, 0.4) is 0 Å². The highest BCUT2D eigenvalue weighted by Gasteiger charge is 2.07. The van der Waals surface area contributed by atoms with Gasteiger partial charge in [0.25, 0.3) is 0 Å². The topological polar surface area (TPSA) is 9.23 Å². The summed E-state index contributed by atoms with van der Waals surface area (Å²) < 4.78 is 20.8. The Morgan fingerprint density at radius 2 is 1.54 bits per heavy atom. The van der Waals surface area contributed by atoms with Gasteiger partial charge in [-0.15, -0.1) is 0 Å². The van der Waals surface area contributed by atoms with Crippen molar-refractivity contribution in [1.82, 2.24) is 0 Å². The smallest absolute Gasteiger partial charge is 0.132 e. The van der Waals surface area contributed by atoms with Crippen LogP contribution in [-0.4, -0.2) is 0 Å². The molecular formula is C23H16BrFO. The van der Waals surface area contributed by atoms with Gasteiger partial charge >= 0.3 is 0 Å². The third-order valence-corrected chi connectivity index (χ3v) is 4.80. The van der Waals surface area contributed by atoms with Crippen molar-refractivity contribution in [3.63, 3.8) is 0 Å². The van der Waals surface area contributed by atoms with E-state index in [-0.39, 0.29) is 5.82 Å². The first-order chi connectivity index (χ1) is 12.7. The van der Waals surface area contributed by atoms with E-state index in [9.17, 15) is 4.39 Å². The Hall–Kier alpha value is -2.65. The van der Waals surface area contributed by atoms with Gasteiger partial charge in [0, 0.05) is 10.0 Å². The number of benzene rings is 4. The fraction of sp³-hybridized carbons (Fsp3) is 0.0435. The fourth-order valence-electron chi connectivity index (χ4n) is 2.95. The summed E-state index contributed by atoms with van der Waals surface area (Å²) in [4.78, 5) is 0. The minimum absolute atomic E-state index is 0.235. The molecule has 0 fully saturated rings. The zero-order valence-electron chi connectivity index (χ0n) is 14.0. The van der Waals surface area contributed by atoms with Crippen LogP contribution in [0.1, 0.15) is 5.56 Å². The molecule has 0 aromatic heterocycles. The maximum atomic E-state index is 14.2. The summed E-state index contributed by atoms with van der Waals surface area (Å²) in [6.07, 6.45) is 0. The second-order valence-electron chi connectivity index (χ2n) is 6.12. The molecular weight excluding hydrogens is 391 g/mol. The largest absolute Gasteiger partial charge is 0.489 e. The molecule has 3 heteroatoms. The van der Waals surface area contributed by atoms with Crippen LogP contribution < -0.4 is 4.74 Å². The molecule has 0 spiro atoms. The van der Waals surface area contributed by atoms with Crippen LogP contribution in [-0.2, 0) is 6.61 Å². The molecule has 4 rings (SSSR count). The van der Waals surface area contributed by atoms with Gasteiger partial charge < -0.3 is 4.74 Å². The minimum atomic E-state index is -0.235. The van der Waals surface area contributed by atoms with Gasteiger partial charge in [0.05, 0.1) is 0 Å². The van der Waals surface area contributed by atoms with Crippen molar-refractivity contribution in [3.05, 3.63) is 101 Å². The molecule has 0 radical (unpaired) electrons. The van der Waals surface area contributed by atoms with E-state index in [0.29, 0.717) is 12.2 Å². The predicted octanol–water partition coefficient (Wildman–Crippen LogP) is 6.99. The van der Waals surface area contributed by atoms with E-state index in [1.807, 2.05) is 72.8 Å². The second-order valence-corrected chi connectivity index (χ2v) is 7.04. The summed E-state index contributed by atoms with van der Waals surface area (Å²) in [6.45, 7) is 0.536. The normalized spacial score (nSPS) is 10.8. The van der Waals surface area contributed by atoms with Crippen LogP contribution in [0.2, 0.25) is 0 Å². The van der Waals surface area contributed by atoms with Crippen molar-refractivity contribution in [2.45, 2.75) is 6.61 Å². The number of halogens is 2. The van der Waals surface area contributed by atoms with Gasteiger partial charge in [-0.2, -0.15) is 0 Å². The molecule has 0 aliphatic heterocycles. The molecule has 4 aromatic carbocycles. The van der Waals surface area contributed by atoms with E-state index in [2.05, 4.69) is 15.9 Å². The molecule has 0 saturated carbocycles. The Kier molecular flexibility index (Phi) is 4.72. The van der Waals surface area contributed by atoms with E-state index in [1.165, 1.54) is 6.07 Å². The Labute approximate surface area is 160 Å². The second kappa shape index (κ2) is 7.30. The van der Waals surface area contributed by atoms with E-state index in [4.69, 9.17) is 4.74 Å². The molecule has 0 heterocycles. The lowest BCUT2D eigenvalue weighted by molar-refractivity contribution is 0.306. The number of hydrogen-bond donors (Lipinski definition) is 0. The van der Waals surface area contributed by atoms with E-state index in [1.54, 1.807) is 6.07 Å². The zero-order valence-corrected chi connectivity index (χ0v) is 15.5. The van der Waals surface area contributed by atoms with Crippen molar-refractivity contribution in [3.8, 4) is 16.9 Å². The first-order valence-electron chi connectivity index (χ1n) is 8.35. The van der Waals surface area contributed by atoms with Crippen molar-refractivity contribution in [2.75, 3.05) is 0 Å². The molecule has 0 bridgehead atoms. The van der Waals surface area contributed by atoms with Crippen molar-refractivity contribution in [1.29, 1.82) is 0 Å². The molecule has 0 aliphatic rings. The van der Waals surface area contributed by atoms with Crippen molar-refractivity contribution in [2.24, 2.45) is 0 Å². The maximum Gasteiger partial charge on any atom is 0.132 e. The summed E-state index contributed by atoms with van der Waals surface area (Å²) in [7, 11) is 0. The predicted molar refractivity (Wildman–Crippen MR) is 108 cm³/mol. The third kappa shape index (κ3) is 3.63. The summed E-state index contributed by atoms with van der Waals surface area (Å²) >= 11 is 3.29. The zero-order chi connectivity index (χ0) is 17.9. The van der Waals surface area contributed by atoms with Gasteiger partial charge in [0.1, 0.15) is 18.2 Å². The highest BCUT2D eigenvalue weighted by Crippen LogP contribution is 2.30. The molecule has 128 valence electrons. The SMILES string of the molecule is Fc1cc(Br)ccc1-c1ccc2cc(OCc3ccccc3)ccc2c1. The fourth-order valence-corrected chi connectivity index (χ4v) is 3.28. The third-order valence-electron chi connectivity index (χ3n) is 4.30. The first kappa shape index (κ1) is 16.8. The van der Waals surface area contributed by atoms with Crippen molar-refractivity contribution >= 4 is 26.7 Å². The number of hydrogen-bond acceptors (Lipinski definition) is 1. The Bertz CT molecular complexity index is 1060. The van der Waals surface area contributed by atoms with Gasteiger partial charge in [-0.3, -0.25) is 0 Å². The number of fused-ring (bicyclic) bond motifs is 1. The van der Waals surface area contributed by atoms with E-state index in [0.717, 1.165) is 32.1 Å². The molecule has 26 heavy (non-hydrogen) atoms.